The molecule has 0 atom stereocenters. The molecular weight excluding hydrogens is 318 g/mol. The molecule has 0 unspecified atom stereocenters. The van der Waals surface area contributed by atoms with E-state index >= 15 is 0 Å². The van der Waals surface area contributed by atoms with Crippen molar-refractivity contribution in [2.75, 3.05) is 27.2 Å². The number of fused-ring (bicyclic) bond motifs is 1. The molecule has 4 nitrogen and oxygen atoms in total. The summed E-state index contributed by atoms with van der Waals surface area (Å²) in [7, 11) is 4.07. The molecule has 0 amide bonds. The fraction of sp³-hybridized carbons (Fsp3) is 0.211. The molecule has 0 aliphatic rings. The first-order valence-electron chi connectivity index (χ1n) is 7.79. The number of thiophene rings is 1. The number of amidine groups is 1. The molecule has 0 aliphatic carbocycles. The van der Waals surface area contributed by atoms with Gasteiger partial charge in [0.15, 0.2) is 0 Å². The highest BCUT2D eigenvalue weighted by molar-refractivity contribution is 7.20. The lowest BCUT2D eigenvalue weighted by atomic mass is 10.0. The average molecular weight is 339 g/mol. The summed E-state index contributed by atoms with van der Waals surface area (Å²) in [5, 5.41) is 8.69. The molecule has 3 rings (SSSR count). The summed E-state index contributed by atoms with van der Waals surface area (Å²) in [4.78, 5) is 2.91. The van der Waals surface area contributed by atoms with E-state index in [2.05, 4.69) is 35.2 Å². The summed E-state index contributed by atoms with van der Waals surface area (Å²) >= 11 is 1.55. The normalized spacial score (nSPS) is 11.1. The van der Waals surface area contributed by atoms with Crippen LogP contribution in [-0.4, -0.2) is 38.0 Å². The molecule has 1 aromatic heterocycles. The monoisotopic (exact) mass is 339 g/mol. The van der Waals surface area contributed by atoms with Crippen LogP contribution in [0.1, 0.15) is 4.88 Å². The molecule has 0 radical (unpaired) electrons. The molecule has 3 N–H and O–H groups in total. The quantitative estimate of drug-likeness (QED) is 0.530. The summed E-state index contributed by atoms with van der Waals surface area (Å²) in [6.45, 7) is 1.56. The van der Waals surface area contributed by atoms with Gasteiger partial charge in [-0.05, 0) is 60.9 Å². The number of rotatable bonds is 6. The molecule has 5 heteroatoms. The molecule has 124 valence electrons. The van der Waals surface area contributed by atoms with Crippen molar-refractivity contribution >= 4 is 27.3 Å². The molecule has 24 heavy (non-hydrogen) atoms. The van der Waals surface area contributed by atoms with E-state index in [0.29, 0.717) is 6.61 Å². The second-order valence-electron chi connectivity index (χ2n) is 5.96. The Balaban J connectivity index is 1.85. The smallest absolute Gasteiger partial charge is 0.133 e. The molecule has 0 fully saturated rings. The van der Waals surface area contributed by atoms with Gasteiger partial charge in [0.2, 0.25) is 0 Å². The number of ether oxygens (including phenoxy) is 1. The zero-order valence-corrected chi connectivity index (χ0v) is 14.7. The Kier molecular flexibility index (Phi) is 4.83. The lowest BCUT2D eigenvalue weighted by Crippen LogP contribution is -2.19. The Morgan fingerprint density at radius 1 is 1.12 bits per heavy atom. The topological polar surface area (TPSA) is 62.3 Å². The van der Waals surface area contributed by atoms with Crippen LogP contribution in [-0.2, 0) is 0 Å². The Morgan fingerprint density at radius 2 is 1.92 bits per heavy atom. The minimum absolute atomic E-state index is 0.119. The van der Waals surface area contributed by atoms with E-state index in [1.165, 1.54) is 0 Å². The van der Waals surface area contributed by atoms with Gasteiger partial charge in [0.05, 0.1) is 4.88 Å². The van der Waals surface area contributed by atoms with E-state index in [1.54, 1.807) is 11.3 Å². The highest BCUT2D eigenvalue weighted by Crippen LogP contribution is 2.31. The van der Waals surface area contributed by atoms with Gasteiger partial charge in [-0.1, -0.05) is 18.2 Å². The van der Waals surface area contributed by atoms with E-state index in [1.807, 2.05) is 32.3 Å². The number of nitrogens with one attached hydrogen (secondary N) is 1. The maximum Gasteiger partial charge on any atom is 0.133 e. The lowest BCUT2D eigenvalue weighted by molar-refractivity contribution is 0.261. The van der Waals surface area contributed by atoms with Crippen LogP contribution in [0, 0.1) is 5.41 Å². The van der Waals surface area contributed by atoms with Crippen molar-refractivity contribution in [2.24, 2.45) is 5.73 Å². The second-order valence-corrected chi connectivity index (χ2v) is 7.04. The average Bonchev–Trinajstić information content (AvgIpc) is 2.98. The molecule has 3 aromatic rings. The summed E-state index contributed by atoms with van der Waals surface area (Å²) in [5.41, 5.74) is 7.84. The Bertz CT molecular complexity index is 870. The summed E-state index contributed by atoms with van der Waals surface area (Å²) in [5.74, 6) is 0.998. The van der Waals surface area contributed by atoms with Crippen molar-refractivity contribution in [3.8, 4) is 16.9 Å². The first-order valence-corrected chi connectivity index (χ1v) is 8.60. The number of hydrogen-bond donors (Lipinski definition) is 2. The summed E-state index contributed by atoms with van der Waals surface area (Å²) in [6, 6.07) is 16.4. The van der Waals surface area contributed by atoms with Gasteiger partial charge >= 0.3 is 0 Å². The van der Waals surface area contributed by atoms with Crippen molar-refractivity contribution < 1.29 is 4.74 Å². The maximum atomic E-state index is 7.58. The van der Waals surface area contributed by atoms with Crippen LogP contribution in [0.5, 0.6) is 5.75 Å². The number of hydrogen-bond acceptors (Lipinski definition) is 4. The van der Waals surface area contributed by atoms with Crippen LogP contribution in [0.25, 0.3) is 21.2 Å². The van der Waals surface area contributed by atoms with Gasteiger partial charge in [0.25, 0.3) is 0 Å². The van der Waals surface area contributed by atoms with Crippen LogP contribution in [0.15, 0.2) is 48.5 Å². The molecule has 2 aromatic carbocycles. The first-order chi connectivity index (χ1) is 11.5. The maximum absolute atomic E-state index is 7.58. The Hall–Kier alpha value is -2.37. The van der Waals surface area contributed by atoms with Crippen molar-refractivity contribution in [3.05, 3.63) is 53.4 Å². The zero-order chi connectivity index (χ0) is 17.1. The summed E-state index contributed by atoms with van der Waals surface area (Å²) in [6.07, 6.45) is 0. The highest BCUT2D eigenvalue weighted by Gasteiger charge is 2.07. The second kappa shape index (κ2) is 7.03. The third-order valence-electron chi connectivity index (χ3n) is 3.76. The van der Waals surface area contributed by atoms with Crippen LogP contribution in [0.2, 0.25) is 0 Å². The lowest BCUT2D eigenvalue weighted by Gasteiger charge is -2.12. The van der Waals surface area contributed by atoms with Gasteiger partial charge in [-0.15, -0.1) is 11.3 Å². The van der Waals surface area contributed by atoms with Crippen LogP contribution < -0.4 is 10.5 Å². The molecule has 0 aliphatic heterocycles. The fourth-order valence-electron chi connectivity index (χ4n) is 2.47. The van der Waals surface area contributed by atoms with E-state index < -0.39 is 0 Å². The van der Waals surface area contributed by atoms with E-state index in [-0.39, 0.29) is 5.84 Å². The Morgan fingerprint density at radius 3 is 2.67 bits per heavy atom. The van der Waals surface area contributed by atoms with Crippen molar-refractivity contribution in [3.63, 3.8) is 0 Å². The number of likely N-dealkylation sites (N-methyl/N-ethyl adjacent to an activating group) is 1. The minimum Gasteiger partial charge on any atom is -0.492 e. The highest BCUT2D eigenvalue weighted by atomic mass is 32.1. The predicted octanol–water partition coefficient (Wildman–Crippen LogP) is 3.79. The molecule has 1 heterocycles. The third kappa shape index (κ3) is 3.75. The number of benzene rings is 2. The van der Waals surface area contributed by atoms with Gasteiger partial charge < -0.3 is 15.4 Å². The number of nitrogens with two attached hydrogens (primary N) is 1. The Labute approximate surface area is 146 Å². The standard InChI is InChI=1S/C19H21N3OS/c1-22(2)8-9-23-16-5-3-4-13(11-16)14-6-7-17-15(10-14)12-18(24-17)19(20)21/h3-7,10-12H,8-9H2,1-2H3,(H3,20,21). The van der Waals surface area contributed by atoms with Gasteiger partial charge in [-0.25, -0.2) is 0 Å². The number of nitrogen functional groups attached to an aromatic ring is 1. The van der Waals surface area contributed by atoms with Gasteiger partial charge in [0.1, 0.15) is 18.2 Å². The molecule has 0 bridgehead atoms. The molecule has 0 saturated heterocycles. The number of nitrogens with zero attached hydrogens (tertiary/aromatic N) is 1. The van der Waals surface area contributed by atoms with Gasteiger partial charge in [-0.3, -0.25) is 5.41 Å². The van der Waals surface area contributed by atoms with E-state index in [0.717, 1.165) is 38.4 Å². The van der Waals surface area contributed by atoms with Crippen LogP contribution in [0.4, 0.5) is 0 Å². The van der Waals surface area contributed by atoms with Crippen LogP contribution in [0.3, 0.4) is 0 Å². The van der Waals surface area contributed by atoms with Crippen LogP contribution >= 0.6 is 11.3 Å². The molecule has 0 spiro atoms. The molecule has 0 saturated carbocycles. The fourth-order valence-corrected chi connectivity index (χ4v) is 3.37. The van der Waals surface area contributed by atoms with Crippen molar-refractivity contribution in [2.45, 2.75) is 0 Å². The van der Waals surface area contributed by atoms with Gasteiger partial charge in [0, 0.05) is 11.2 Å². The van der Waals surface area contributed by atoms with E-state index in [9.17, 15) is 0 Å². The van der Waals surface area contributed by atoms with E-state index in [4.69, 9.17) is 15.9 Å². The third-order valence-corrected chi connectivity index (χ3v) is 4.91. The molecular formula is C19H21N3OS. The minimum atomic E-state index is 0.119. The van der Waals surface area contributed by atoms with Gasteiger partial charge in [-0.2, -0.15) is 0 Å². The van der Waals surface area contributed by atoms with Crippen molar-refractivity contribution in [1.29, 1.82) is 5.41 Å². The first kappa shape index (κ1) is 16.5. The largest absolute Gasteiger partial charge is 0.492 e. The van der Waals surface area contributed by atoms with Crippen molar-refractivity contribution in [1.82, 2.24) is 4.90 Å². The SMILES string of the molecule is CN(C)CCOc1cccc(-c2ccc3sc(C(=N)N)cc3c2)c1. The summed E-state index contributed by atoms with van der Waals surface area (Å²) < 4.78 is 6.96. The predicted molar refractivity (Wildman–Crippen MR) is 102 cm³/mol. The zero-order valence-electron chi connectivity index (χ0n) is 13.9.